The van der Waals surface area contributed by atoms with E-state index in [0.29, 0.717) is 31.0 Å². The lowest BCUT2D eigenvalue weighted by atomic mass is 10.1. The van der Waals surface area contributed by atoms with E-state index in [1.165, 1.54) is 6.07 Å². The molecular formula is C18H20FN3O2. The zero-order valence-electron chi connectivity index (χ0n) is 13.8. The summed E-state index contributed by atoms with van der Waals surface area (Å²) in [6, 6.07) is 11.9. The second-order valence-electron chi connectivity index (χ2n) is 5.84. The molecule has 1 aliphatic rings. The van der Waals surface area contributed by atoms with Gasteiger partial charge in [-0.2, -0.15) is 4.39 Å². The summed E-state index contributed by atoms with van der Waals surface area (Å²) in [5.74, 6) is 0.841. The minimum Gasteiger partial charge on any atom is -0.497 e. The first-order valence-corrected chi connectivity index (χ1v) is 7.91. The number of hydrogen-bond acceptors (Lipinski definition) is 4. The molecule has 1 aromatic carbocycles. The monoisotopic (exact) mass is 329 g/mol. The summed E-state index contributed by atoms with van der Waals surface area (Å²) in [6.45, 7) is 3.79. The zero-order chi connectivity index (χ0) is 17.1. The number of ether oxygens (including phenoxy) is 1. The van der Waals surface area contributed by atoms with Crippen molar-refractivity contribution in [3.63, 3.8) is 0 Å². The molecule has 126 valence electrons. The summed E-state index contributed by atoms with van der Waals surface area (Å²) < 4.78 is 18.4. The van der Waals surface area contributed by atoms with Gasteiger partial charge in [0.2, 0.25) is 5.95 Å². The van der Waals surface area contributed by atoms with E-state index in [0.717, 1.165) is 5.75 Å². The zero-order valence-corrected chi connectivity index (χ0v) is 13.8. The fraction of sp³-hybridized carbons (Fsp3) is 0.333. The Balaban J connectivity index is 1.69. The maximum atomic E-state index is 13.3. The van der Waals surface area contributed by atoms with Gasteiger partial charge in [0.05, 0.1) is 7.11 Å². The molecule has 1 amide bonds. The van der Waals surface area contributed by atoms with Crippen molar-refractivity contribution in [2.75, 3.05) is 31.6 Å². The van der Waals surface area contributed by atoms with E-state index in [-0.39, 0.29) is 11.9 Å². The Bertz CT molecular complexity index is 720. The van der Waals surface area contributed by atoms with Gasteiger partial charge >= 0.3 is 0 Å². The van der Waals surface area contributed by atoms with Crippen molar-refractivity contribution in [1.82, 2.24) is 9.88 Å². The summed E-state index contributed by atoms with van der Waals surface area (Å²) in [7, 11) is 1.60. The van der Waals surface area contributed by atoms with Crippen molar-refractivity contribution < 1.29 is 13.9 Å². The summed E-state index contributed by atoms with van der Waals surface area (Å²) in [5, 5.41) is 0. The van der Waals surface area contributed by atoms with E-state index in [1.807, 2.05) is 16.7 Å². The van der Waals surface area contributed by atoms with Crippen molar-refractivity contribution in [1.29, 1.82) is 0 Å². The van der Waals surface area contributed by atoms with Crippen molar-refractivity contribution in [3.05, 3.63) is 54.0 Å². The number of anilines is 1. The van der Waals surface area contributed by atoms with Gasteiger partial charge in [-0.15, -0.1) is 0 Å². The summed E-state index contributed by atoms with van der Waals surface area (Å²) in [6.07, 6.45) is 0. The number of carbonyl (C=O) groups excluding carboxylic acids is 1. The molecule has 0 spiro atoms. The Morgan fingerprint density at radius 3 is 2.58 bits per heavy atom. The molecule has 3 rings (SSSR count). The molecule has 2 heterocycles. The number of halogens is 1. The second-order valence-corrected chi connectivity index (χ2v) is 5.84. The number of pyridine rings is 1. The second kappa shape index (κ2) is 6.86. The fourth-order valence-electron chi connectivity index (χ4n) is 2.96. The van der Waals surface area contributed by atoms with Crippen LogP contribution in [0.25, 0.3) is 0 Å². The highest BCUT2D eigenvalue weighted by molar-refractivity contribution is 5.94. The highest BCUT2D eigenvalue weighted by atomic mass is 19.1. The first kappa shape index (κ1) is 16.2. The lowest BCUT2D eigenvalue weighted by Crippen LogP contribution is -2.54. The maximum Gasteiger partial charge on any atom is 0.253 e. The van der Waals surface area contributed by atoms with E-state index in [1.54, 1.807) is 43.5 Å². The maximum absolute atomic E-state index is 13.3. The standard InChI is InChI=1S/C18H20FN3O2/c1-13-12-21(18(23)14-6-8-15(24-2)9-7-14)10-11-22(13)17-5-3-4-16(19)20-17/h3-9,13H,10-12H2,1-2H3. The first-order valence-electron chi connectivity index (χ1n) is 7.91. The largest absolute Gasteiger partial charge is 0.497 e. The van der Waals surface area contributed by atoms with Crippen molar-refractivity contribution in [2.45, 2.75) is 13.0 Å². The van der Waals surface area contributed by atoms with Crippen LogP contribution in [0.5, 0.6) is 5.75 Å². The van der Waals surface area contributed by atoms with Crippen LogP contribution in [0.3, 0.4) is 0 Å². The number of carbonyl (C=O) groups is 1. The van der Waals surface area contributed by atoms with Crippen molar-refractivity contribution in [2.24, 2.45) is 0 Å². The third kappa shape index (κ3) is 3.32. The van der Waals surface area contributed by atoms with Crippen LogP contribution < -0.4 is 9.64 Å². The number of rotatable bonds is 3. The van der Waals surface area contributed by atoms with Gasteiger partial charge in [0.1, 0.15) is 11.6 Å². The van der Waals surface area contributed by atoms with Gasteiger partial charge < -0.3 is 14.5 Å². The van der Waals surface area contributed by atoms with Gasteiger partial charge in [-0.1, -0.05) is 6.07 Å². The molecule has 0 saturated carbocycles. The molecule has 24 heavy (non-hydrogen) atoms. The number of nitrogens with zero attached hydrogens (tertiary/aromatic N) is 3. The number of amides is 1. The summed E-state index contributed by atoms with van der Waals surface area (Å²) >= 11 is 0. The SMILES string of the molecule is COc1ccc(C(=O)N2CCN(c3cccc(F)n3)C(C)C2)cc1. The number of hydrogen-bond donors (Lipinski definition) is 0. The van der Waals surface area contributed by atoms with Gasteiger partial charge in [-0.3, -0.25) is 4.79 Å². The van der Waals surface area contributed by atoms with Gasteiger partial charge in [0.25, 0.3) is 5.91 Å². The normalized spacial score (nSPS) is 17.7. The van der Waals surface area contributed by atoms with E-state index in [4.69, 9.17) is 4.74 Å². The van der Waals surface area contributed by atoms with Crippen LogP contribution in [0.4, 0.5) is 10.2 Å². The third-order valence-corrected chi connectivity index (χ3v) is 4.25. The van der Waals surface area contributed by atoms with E-state index in [9.17, 15) is 9.18 Å². The van der Waals surface area contributed by atoms with Crippen LogP contribution in [0.15, 0.2) is 42.5 Å². The topological polar surface area (TPSA) is 45.7 Å². The minimum absolute atomic E-state index is 0.00338. The molecule has 1 fully saturated rings. The predicted octanol–water partition coefficient (Wildman–Crippen LogP) is 2.58. The highest BCUT2D eigenvalue weighted by Crippen LogP contribution is 2.20. The summed E-state index contributed by atoms with van der Waals surface area (Å²) in [4.78, 5) is 20.4. The van der Waals surface area contributed by atoms with Crippen LogP contribution in [0, 0.1) is 5.95 Å². The first-order chi connectivity index (χ1) is 11.6. The quantitative estimate of drug-likeness (QED) is 0.812. The molecule has 0 bridgehead atoms. The molecule has 2 aromatic rings. The third-order valence-electron chi connectivity index (χ3n) is 4.25. The molecule has 1 saturated heterocycles. The number of aromatic nitrogens is 1. The number of benzene rings is 1. The van der Waals surface area contributed by atoms with E-state index >= 15 is 0 Å². The Labute approximate surface area is 140 Å². The molecule has 1 aliphatic heterocycles. The van der Waals surface area contributed by atoms with Crippen LogP contribution >= 0.6 is 0 Å². The molecule has 1 aromatic heterocycles. The average molecular weight is 329 g/mol. The lowest BCUT2D eigenvalue weighted by Gasteiger charge is -2.40. The van der Waals surface area contributed by atoms with E-state index in [2.05, 4.69) is 4.98 Å². The van der Waals surface area contributed by atoms with Crippen LogP contribution in [-0.4, -0.2) is 48.6 Å². The van der Waals surface area contributed by atoms with Crippen LogP contribution in [0.2, 0.25) is 0 Å². The van der Waals surface area contributed by atoms with Crippen LogP contribution in [-0.2, 0) is 0 Å². The smallest absolute Gasteiger partial charge is 0.253 e. The molecule has 0 N–H and O–H groups in total. The molecular weight excluding hydrogens is 309 g/mol. The average Bonchev–Trinajstić information content (AvgIpc) is 2.61. The number of piperazine rings is 1. The predicted molar refractivity (Wildman–Crippen MR) is 89.9 cm³/mol. The number of methoxy groups -OCH3 is 1. The molecule has 1 unspecified atom stereocenters. The molecule has 0 radical (unpaired) electrons. The Morgan fingerprint density at radius 2 is 1.96 bits per heavy atom. The molecule has 5 nitrogen and oxygen atoms in total. The Morgan fingerprint density at radius 1 is 1.21 bits per heavy atom. The highest BCUT2D eigenvalue weighted by Gasteiger charge is 2.28. The lowest BCUT2D eigenvalue weighted by molar-refractivity contribution is 0.0726. The molecule has 0 aliphatic carbocycles. The summed E-state index contributed by atoms with van der Waals surface area (Å²) in [5.41, 5.74) is 0.639. The van der Waals surface area contributed by atoms with Crippen LogP contribution in [0.1, 0.15) is 17.3 Å². The fourth-order valence-corrected chi connectivity index (χ4v) is 2.96. The van der Waals surface area contributed by atoms with Gasteiger partial charge in [-0.25, -0.2) is 4.98 Å². The van der Waals surface area contributed by atoms with Crippen molar-refractivity contribution >= 4 is 11.7 Å². The van der Waals surface area contributed by atoms with Gasteiger partial charge in [0.15, 0.2) is 0 Å². The van der Waals surface area contributed by atoms with Gasteiger partial charge in [-0.05, 0) is 43.3 Å². The minimum atomic E-state index is -0.489. The van der Waals surface area contributed by atoms with E-state index < -0.39 is 5.95 Å². The van der Waals surface area contributed by atoms with Crippen molar-refractivity contribution in [3.8, 4) is 5.75 Å². The Hall–Kier alpha value is -2.63. The Kier molecular flexibility index (Phi) is 4.64. The molecule has 1 atom stereocenters. The molecule has 6 heteroatoms. The van der Waals surface area contributed by atoms with Gasteiger partial charge in [0, 0.05) is 31.2 Å².